The highest BCUT2D eigenvalue weighted by Gasteiger charge is 2.16. The fourth-order valence-electron chi connectivity index (χ4n) is 2.18. The molecule has 0 radical (unpaired) electrons. The number of carbonyl (C=O) groups is 1. The molecule has 0 spiro atoms. The lowest BCUT2D eigenvalue weighted by atomic mass is 10.3. The van der Waals surface area contributed by atoms with Crippen LogP contribution in [0.5, 0.6) is 0 Å². The van der Waals surface area contributed by atoms with Crippen LogP contribution in [0, 0.1) is 0 Å². The molecule has 1 aromatic heterocycles. The summed E-state index contributed by atoms with van der Waals surface area (Å²) in [6.45, 7) is 7.89. The van der Waals surface area contributed by atoms with Gasteiger partial charge in [0.2, 0.25) is 11.0 Å². The fourth-order valence-corrected chi connectivity index (χ4v) is 4.16. The number of nitrogens with zero attached hydrogens (tertiary/aromatic N) is 2. The van der Waals surface area contributed by atoms with E-state index >= 15 is 0 Å². The van der Waals surface area contributed by atoms with Crippen molar-refractivity contribution >= 4 is 34.1 Å². The molecule has 22 heavy (non-hydrogen) atoms. The second-order valence-electron chi connectivity index (χ2n) is 5.14. The number of aromatic nitrogens is 2. The smallest absolute Gasteiger partial charge is 0.233 e. The zero-order chi connectivity index (χ0) is 15.8. The molecule has 9 heteroatoms. The Bertz CT molecular complexity index is 465. The number of rotatable bonds is 8. The van der Waals surface area contributed by atoms with Gasteiger partial charge in [-0.2, -0.15) is 0 Å². The molecule has 2 rings (SSSR count). The molecule has 124 valence electrons. The summed E-state index contributed by atoms with van der Waals surface area (Å²) in [7, 11) is 1.64. The molecule has 1 aromatic rings. The van der Waals surface area contributed by atoms with Crippen molar-refractivity contribution in [1.82, 2.24) is 15.5 Å². The molecule has 0 bridgehead atoms. The number of amides is 1. The highest BCUT2D eigenvalue weighted by atomic mass is 32.2. The minimum atomic E-state index is -0.157. The van der Waals surface area contributed by atoms with Crippen molar-refractivity contribution in [2.45, 2.75) is 22.9 Å². The molecular formula is C13H24N5O2S2+. The van der Waals surface area contributed by atoms with Crippen LogP contribution in [0.3, 0.4) is 0 Å². The molecule has 2 heterocycles. The van der Waals surface area contributed by atoms with Gasteiger partial charge in [-0.15, -0.1) is 10.2 Å². The Kier molecular flexibility index (Phi) is 7.37. The Morgan fingerprint density at radius 1 is 1.45 bits per heavy atom. The van der Waals surface area contributed by atoms with E-state index in [0.29, 0.717) is 0 Å². The number of anilines is 1. The summed E-state index contributed by atoms with van der Waals surface area (Å²) in [5.41, 5.74) is 0. The molecule has 0 aromatic carbocycles. The van der Waals surface area contributed by atoms with Crippen molar-refractivity contribution in [1.29, 1.82) is 0 Å². The summed E-state index contributed by atoms with van der Waals surface area (Å²) >= 11 is 2.93. The topological polar surface area (TPSA) is 80.6 Å². The normalized spacial score (nSPS) is 17.2. The van der Waals surface area contributed by atoms with Crippen LogP contribution < -0.4 is 15.5 Å². The molecule has 1 aliphatic heterocycles. The second-order valence-corrected chi connectivity index (χ2v) is 7.71. The minimum Gasteiger partial charge on any atom is -0.370 e. The van der Waals surface area contributed by atoms with Crippen LogP contribution in [0.15, 0.2) is 4.34 Å². The number of thioether (sulfide) groups is 1. The summed E-state index contributed by atoms with van der Waals surface area (Å²) in [6.07, 6.45) is 1.10. The molecule has 1 aliphatic rings. The second kappa shape index (κ2) is 9.29. The number of morpholine rings is 1. The van der Waals surface area contributed by atoms with Crippen molar-refractivity contribution in [2.24, 2.45) is 0 Å². The van der Waals surface area contributed by atoms with E-state index in [9.17, 15) is 4.79 Å². The van der Waals surface area contributed by atoms with Gasteiger partial charge in [0.25, 0.3) is 0 Å². The van der Waals surface area contributed by atoms with Gasteiger partial charge in [0, 0.05) is 20.0 Å². The standard InChI is InChI=1S/C13H23N5O2S2/c1-10(11(19)14-2)21-13-17-16-12(22-13)15-4-3-5-18-6-8-20-9-7-18/h10H,3-9H2,1-2H3,(H,14,19)(H,15,16)/p+1/t10-/m0/s1. The average Bonchev–Trinajstić information content (AvgIpc) is 2.99. The van der Waals surface area contributed by atoms with Gasteiger partial charge in [0.1, 0.15) is 13.1 Å². The SMILES string of the molecule is CNC(=O)[C@H](C)Sc1nnc(NCCC[NH+]2CCOCC2)s1. The minimum absolute atomic E-state index is 0.00296. The van der Waals surface area contributed by atoms with Gasteiger partial charge in [-0.05, 0) is 6.92 Å². The Balaban J connectivity index is 1.65. The lowest BCUT2D eigenvalue weighted by Gasteiger charge is -2.23. The first-order valence-corrected chi connectivity index (χ1v) is 9.25. The number of nitrogens with one attached hydrogen (secondary N) is 3. The van der Waals surface area contributed by atoms with Gasteiger partial charge in [-0.1, -0.05) is 23.1 Å². The molecule has 3 N–H and O–H groups in total. The number of hydrogen-bond donors (Lipinski definition) is 3. The highest BCUT2D eigenvalue weighted by molar-refractivity contribution is 8.02. The van der Waals surface area contributed by atoms with Gasteiger partial charge in [-0.3, -0.25) is 4.79 Å². The Labute approximate surface area is 139 Å². The van der Waals surface area contributed by atoms with Crippen molar-refractivity contribution in [2.75, 3.05) is 51.8 Å². The van der Waals surface area contributed by atoms with Crippen LogP contribution >= 0.6 is 23.1 Å². The molecule has 1 amide bonds. The van der Waals surface area contributed by atoms with Crippen molar-refractivity contribution in [3.63, 3.8) is 0 Å². The summed E-state index contributed by atoms with van der Waals surface area (Å²) in [6, 6.07) is 0. The van der Waals surface area contributed by atoms with Gasteiger partial charge < -0.3 is 20.3 Å². The predicted octanol–water partition coefficient (Wildman–Crippen LogP) is -0.518. The van der Waals surface area contributed by atoms with Gasteiger partial charge in [0.15, 0.2) is 4.34 Å². The number of carbonyl (C=O) groups excluding carboxylic acids is 1. The van der Waals surface area contributed by atoms with E-state index in [1.165, 1.54) is 23.1 Å². The van der Waals surface area contributed by atoms with Crippen LogP contribution in [-0.2, 0) is 9.53 Å². The van der Waals surface area contributed by atoms with E-state index in [0.717, 1.165) is 55.3 Å². The van der Waals surface area contributed by atoms with E-state index in [2.05, 4.69) is 20.8 Å². The number of hydrogen-bond acceptors (Lipinski definition) is 7. The van der Waals surface area contributed by atoms with Crippen LogP contribution in [0.2, 0.25) is 0 Å². The van der Waals surface area contributed by atoms with Crippen LogP contribution in [0.25, 0.3) is 0 Å². The fraction of sp³-hybridized carbons (Fsp3) is 0.769. The summed E-state index contributed by atoms with van der Waals surface area (Å²) in [5, 5.41) is 14.8. The van der Waals surface area contributed by atoms with E-state index < -0.39 is 0 Å². The van der Waals surface area contributed by atoms with E-state index in [1.54, 1.807) is 11.9 Å². The quantitative estimate of drug-likeness (QED) is 0.434. The van der Waals surface area contributed by atoms with Crippen LogP contribution in [-0.4, -0.2) is 67.8 Å². The van der Waals surface area contributed by atoms with E-state index in [-0.39, 0.29) is 11.2 Å². The first-order chi connectivity index (χ1) is 10.7. The Hall–Kier alpha value is -0.900. The monoisotopic (exact) mass is 346 g/mol. The van der Waals surface area contributed by atoms with Crippen molar-refractivity contribution in [3.8, 4) is 0 Å². The summed E-state index contributed by atoms with van der Waals surface area (Å²) in [4.78, 5) is 13.1. The summed E-state index contributed by atoms with van der Waals surface area (Å²) < 4.78 is 6.17. The van der Waals surface area contributed by atoms with Crippen molar-refractivity contribution in [3.05, 3.63) is 0 Å². The first-order valence-electron chi connectivity index (χ1n) is 7.56. The lowest BCUT2D eigenvalue weighted by Crippen LogP contribution is -3.14. The first kappa shape index (κ1) is 17.5. The summed E-state index contributed by atoms with van der Waals surface area (Å²) in [5.74, 6) is 0.00296. The molecule has 0 aliphatic carbocycles. The van der Waals surface area contributed by atoms with E-state index in [4.69, 9.17) is 4.74 Å². The third kappa shape index (κ3) is 5.71. The van der Waals surface area contributed by atoms with Gasteiger partial charge in [-0.25, -0.2) is 0 Å². The maximum atomic E-state index is 11.5. The maximum absolute atomic E-state index is 11.5. The molecule has 0 unspecified atom stereocenters. The molecule has 7 nitrogen and oxygen atoms in total. The molecule has 1 fully saturated rings. The third-order valence-electron chi connectivity index (χ3n) is 3.48. The Morgan fingerprint density at radius 2 is 2.23 bits per heavy atom. The largest absolute Gasteiger partial charge is 0.370 e. The Morgan fingerprint density at radius 3 is 2.95 bits per heavy atom. The number of quaternary nitrogens is 1. The number of ether oxygens (including phenoxy) is 1. The van der Waals surface area contributed by atoms with Gasteiger partial charge in [0.05, 0.1) is 25.0 Å². The van der Waals surface area contributed by atoms with Crippen molar-refractivity contribution < 1.29 is 14.4 Å². The zero-order valence-corrected chi connectivity index (χ0v) is 14.7. The van der Waals surface area contributed by atoms with Gasteiger partial charge >= 0.3 is 0 Å². The van der Waals surface area contributed by atoms with Crippen LogP contribution in [0.4, 0.5) is 5.13 Å². The molecule has 1 saturated heterocycles. The maximum Gasteiger partial charge on any atom is 0.233 e. The van der Waals surface area contributed by atoms with E-state index in [1.807, 2.05) is 6.92 Å². The van der Waals surface area contributed by atoms with Crippen LogP contribution in [0.1, 0.15) is 13.3 Å². The molecule has 0 saturated carbocycles. The average molecular weight is 347 g/mol. The third-order valence-corrected chi connectivity index (χ3v) is 5.55. The zero-order valence-electron chi connectivity index (χ0n) is 13.1. The lowest BCUT2D eigenvalue weighted by molar-refractivity contribution is -0.908. The predicted molar refractivity (Wildman–Crippen MR) is 88.8 cm³/mol. The molecule has 1 atom stereocenters. The highest BCUT2D eigenvalue weighted by Crippen LogP contribution is 2.28. The molecular weight excluding hydrogens is 322 g/mol.